The molecule has 0 aromatic heterocycles. The first-order chi connectivity index (χ1) is 12.0. The van der Waals surface area contributed by atoms with Crippen LogP contribution in [0.5, 0.6) is 5.75 Å². The SMILES string of the molecule is CCC(OC1CCCCC1)C(=O)N(C)c1ccc(OCC(=O)O)cc1. The summed E-state index contributed by atoms with van der Waals surface area (Å²) in [6.45, 7) is 1.57. The number of benzene rings is 1. The van der Waals surface area contributed by atoms with Crippen LogP contribution in [0.15, 0.2) is 24.3 Å². The van der Waals surface area contributed by atoms with Gasteiger partial charge in [-0.2, -0.15) is 0 Å². The summed E-state index contributed by atoms with van der Waals surface area (Å²) in [5, 5.41) is 8.62. The lowest BCUT2D eigenvalue weighted by Crippen LogP contribution is -2.40. The maximum atomic E-state index is 12.7. The Labute approximate surface area is 148 Å². The van der Waals surface area contributed by atoms with Gasteiger partial charge in [-0.3, -0.25) is 4.79 Å². The lowest BCUT2D eigenvalue weighted by molar-refractivity contribution is -0.139. The fraction of sp³-hybridized carbons (Fsp3) is 0.579. The summed E-state index contributed by atoms with van der Waals surface area (Å²) in [6, 6.07) is 6.79. The zero-order valence-electron chi connectivity index (χ0n) is 14.9. The third-order valence-corrected chi connectivity index (χ3v) is 4.47. The van der Waals surface area contributed by atoms with Gasteiger partial charge in [0.15, 0.2) is 6.61 Å². The molecule has 1 aromatic carbocycles. The van der Waals surface area contributed by atoms with Gasteiger partial charge < -0.3 is 19.5 Å². The number of amides is 1. The Balaban J connectivity index is 1.95. The van der Waals surface area contributed by atoms with Crippen LogP contribution in [0.2, 0.25) is 0 Å². The van der Waals surface area contributed by atoms with Crippen molar-refractivity contribution in [2.45, 2.75) is 57.7 Å². The van der Waals surface area contributed by atoms with E-state index in [1.54, 1.807) is 36.2 Å². The average Bonchev–Trinajstić information content (AvgIpc) is 2.64. The second kappa shape index (κ2) is 9.42. The molecule has 0 spiro atoms. The highest BCUT2D eigenvalue weighted by Gasteiger charge is 2.26. The molecule has 1 aliphatic carbocycles. The van der Waals surface area contributed by atoms with Crippen LogP contribution in [0.25, 0.3) is 0 Å². The molecule has 6 heteroatoms. The summed E-state index contributed by atoms with van der Waals surface area (Å²) < 4.78 is 11.2. The van der Waals surface area contributed by atoms with Gasteiger partial charge in [-0.25, -0.2) is 4.79 Å². The van der Waals surface area contributed by atoms with Crippen LogP contribution in [0, 0.1) is 0 Å². The van der Waals surface area contributed by atoms with E-state index in [1.165, 1.54) is 19.3 Å². The number of rotatable bonds is 8. The summed E-state index contributed by atoms with van der Waals surface area (Å²) in [7, 11) is 1.72. The molecule has 0 bridgehead atoms. The fourth-order valence-corrected chi connectivity index (χ4v) is 3.02. The molecule has 1 aliphatic rings. The highest BCUT2D eigenvalue weighted by molar-refractivity contribution is 5.96. The van der Waals surface area contributed by atoms with Gasteiger partial charge in [-0.15, -0.1) is 0 Å². The molecule has 1 atom stereocenters. The van der Waals surface area contributed by atoms with Gasteiger partial charge in [0, 0.05) is 12.7 Å². The molecule has 2 rings (SSSR count). The lowest BCUT2D eigenvalue weighted by atomic mass is 9.97. The molecule has 138 valence electrons. The number of carbonyl (C=O) groups excluding carboxylic acids is 1. The van der Waals surface area contributed by atoms with Gasteiger partial charge in [-0.1, -0.05) is 26.2 Å². The molecule has 1 unspecified atom stereocenters. The van der Waals surface area contributed by atoms with Crippen LogP contribution in [-0.4, -0.2) is 42.8 Å². The van der Waals surface area contributed by atoms with E-state index in [4.69, 9.17) is 14.6 Å². The van der Waals surface area contributed by atoms with Crippen molar-refractivity contribution < 1.29 is 24.2 Å². The first-order valence-electron chi connectivity index (χ1n) is 8.89. The number of carboxylic acids is 1. The van der Waals surface area contributed by atoms with E-state index in [-0.39, 0.29) is 18.6 Å². The van der Waals surface area contributed by atoms with Crippen molar-refractivity contribution in [3.05, 3.63) is 24.3 Å². The Bertz CT molecular complexity index is 566. The molecule has 1 amide bonds. The molecule has 0 radical (unpaired) electrons. The van der Waals surface area contributed by atoms with E-state index in [0.29, 0.717) is 12.2 Å². The van der Waals surface area contributed by atoms with Crippen LogP contribution in [0.1, 0.15) is 45.4 Å². The van der Waals surface area contributed by atoms with E-state index in [9.17, 15) is 9.59 Å². The van der Waals surface area contributed by atoms with Gasteiger partial charge in [-0.05, 0) is 43.5 Å². The lowest BCUT2D eigenvalue weighted by Gasteiger charge is -2.29. The number of carboxylic acid groups (broad SMARTS) is 1. The molecule has 1 N–H and O–H groups in total. The number of hydrogen-bond donors (Lipinski definition) is 1. The predicted molar refractivity (Wildman–Crippen MR) is 95.0 cm³/mol. The van der Waals surface area contributed by atoms with Crippen molar-refractivity contribution in [3.63, 3.8) is 0 Å². The Morgan fingerprint density at radius 3 is 2.40 bits per heavy atom. The van der Waals surface area contributed by atoms with Crippen molar-refractivity contribution in [2.75, 3.05) is 18.6 Å². The Morgan fingerprint density at radius 1 is 1.20 bits per heavy atom. The Kier molecular flexibility index (Phi) is 7.25. The number of carbonyl (C=O) groups is 2. The number of ether oxygens (including phenoxy) is 2. The minimum Gasteiger partial charge on any atom is -0.482 e. The van der Waals surface area contributed by atoms with Crippen molar-refractivity contribution >= 4 is 17.6 Å². The van der Waals surface area contributed by atoms with Gasteiger partial charge in [0.2, 0.25) is 0 Å². The summed E-state index contributed by atoms with van der Waals surface area (Å²) >= 11 is 0. The van der Waals surface area contributed by atoms with Crippen molar-refractivity contribution in [1.82, 2.24) is 0 Å². The largest absolute Gasteiger partial charge is 0.482 e. The van der Waals surface area contributed by atoms with Gasteiger partial charge in [0.1, 0.15) is 11.9 Å². The summed E-state index contributed by atoms with van der Waals surface area (Å²) in [4.78, 5) is 24.8. The van der Waals surface area contributed by atoms with E-state index in [2.05, 4.69) is 0 Å². The summed E-state index contributed by atoms with van der Waals surface area (Å²) in [6.07, 6.45) is 6.04. The first kappa shape index (κ1) is 19.2. The molecular weight excluding hydrogens is 322 g/mol. The van der Waals surface area contributed by atoms with Gasteiger partial charge in [0.05, 0.1) is 6.10 Å². The molecule has 0 saturated heterocycles. The third kappa shape index (κ3) is 5.74. The smallest absolute Gasteiger partial charge is 0.341 e. The standard InChI is InChI=1S/C19H27NO5/c1-3-17(25-16-7-5-4-6-8-16)19(23)20(2)14-9-11-15(12-10-14)24-13-18(21)22/h9-12,16-17H,3-8,13H2,1-2H3,(H,21,22). The van der Waals surface area contributed by atoms with E-state index >= 15 is 0 Å². The molecule has 1 aromatic rings. The van der Waals surface area contributed by atoms with E-state index in [1.807, 2.05) is 6.92 Å². The summed E-state index contributed by atoms with van der Waals surface area (Å²) in [5.41, 5.74) is 0.721. The molecule has 1 fully saturated rings. The third-order valence-electron chi connectivity index (χ3n) is 4.47. The minimum absolute atomic E-state index is 0.0627. The molecular formula is C19H27NO5. The second-order valence-corrected chi connectivity index (χ2v) is 6.37. The zero-order chi connectivity index (χ0) is 18.2. The normalized spacial score (nSPS) is 16.2. The number of anilines is 1. The number of nitrogens with zero attached hydrogens (tertiary/aromatic N) is 1. The molecule has 1 saturated carbocycles. The number of hydrogen-bond acceptors (Lipinski definition) is 4. The van der Waals surface area contributed by atoms with E-state index < -0.39 is 12.1 Å². The fourth-order valence-electron chi connectivity index (χ4n) is 3.02. The van der Waals surface area contributed by atoms with Crippen LogP contribution in [0.3, 0.4) is 0 Å². The van der Waals surface area contributed by atoms with Crippen molar-refractivity contribution in [1.29, 1.82) is 0 Å². The van der Waals surface area contributed by atoms with Crippen LogP contribution in [0.4, 0.5) is 5.69 Å². The molecule has 0 aliphatic heterocycles. The molecule has 6 nitrogen and oxygen atoms in total. The van der Waals surface area contributed by atoms with Crippen LogP contribution >= 0.6 is 0 Å². The number of likely N-dealkylation sites (N-methyl/N-ethyl adjacent to an activating group) is 1. The van der Waals surface area contributed by atoms with Crippen LogP contribution < -0.4 is 9.64 Å². The first-order valence-corrected chi connectivity index (χ1v) is 8.89. The van der Waals surface area contributed by atoms with Crippen LogP contribution in [-0.2, 0) is 14.3 Å². The maximum Gasteiger partial charge on any atom is 0.341 e. The number of aliphatic carboxylic acids is 1. The van der Waals surface area contributed by atoms with Gasteiger partial charge in [0.25, 0.3) is 5.91 Å². The Morgan fingerprint density at radius 2 is 1.84 bits per heavy atom. The Hall–Kier alpha value is -2.08. The minimum atomic E-state index is -1.03. The molecule has 0 heterocycles. The molecule has 25 heavy (non-hydrogen) atoms. The van der Waals surface area contributed by atoms with Crippen molar-refractivity contribution in [3.8, 4) is 5.75 Å². The van der Waals surface area contributed by atoms with Crippen molar-refractivity contribution in [2.24, 2.45) is 0 Å². The summed E-state index contributed by atoms with van der Waals surface area (Å²) in [5.74, 6) is -0.633. The topological polar surface area (TPSA) is 76.1 Å². The zero-order valence-corrected chi connectivity index (χ0v) is 14.9. The maximum absolute atomic E-state index is 12.7. The van der Waals surface area contributed by atoms with E-state index in [0.717, 1.165) is 18.5 Å². The second-order valence-electron chi connectivity index (χ2n) is 6.37. The van der Waals surface area contributed by atoms with Gasteiger partial charge >= 0.3 is 5.97 Å². The predicted octanol–water partition coefficient (Wildman–Crippen LogP) is 3.24. The highest BCUT2D eigenvalue weighted by atomic mass is 16.5. The quantitative estimate of drug-likeness (QED) is 0.780. The monoisotopic (exact) mass is 349 g/mol. The highest BCUT2D eigenvalue weighted by Crippen LogP contribution is 2.24. The average molecular weight is 349 g/mol.